The quantitative estimate of drug-likeness (QED) is 0.155. The van der Waals surface area contributed by atoms with Gasteiger partial charge in [0.2, 0.25) is 0 Å². The molecular formula is C35H41F3N2O2S2. The molecule has 8 rings (SSSR count). The second-order valence-corrected chi connectivity index (χ2v) is 15.4. The highest BCUT2D eigenvalue weighted by Gasteiger charge is 2.53. The summed E-state index contributed by atoms with van der Waals surface area (Å²) < 4.78 is 46.5. The first-order chi connectivity index (χ1) is 21.2. The highest BCUT2D eigenvalue weighted by atomic mass is 32.2. The average molecular weight is 643 g/mol. The van der Waals surface area contributed by atoms with Gasteiger partial charge in [0.25, 0.3) is 5.91 Å². The van der Waals surface area contributed by atoms with Crippen LogP contribution in [-0.2, 0) is 17.4 Å². The first-order valence-corrected chi connectivity index (χ1v) is 17.7. The molecule has 3 heterocycles. The maximum absolute atomic E-state index is 13.9. The Balaban J connectivity index is 1.10. The number of furan rings is 1. The second kappa shape index (κ2) is 12.6. The van der Waals surface area contributed by atoms with Crippen LogP contribution in [0.15, 0.2) is 39.7 Å². The first kappa shape index (κ1) is 30.5. The van der Waals surface area contributed by atoms with Crippen LogP contribution in [0.5, 0.6) is 0 Å². The van der Waals surface area contributed by atoms with E-state index < -0.39 is 11.7 Å². The lowest BCUT2D eigenvalue weighted by Crippen LogP contribution is -2.57. The van der Waals surface area contributed by atoms with Crippen molar-refractivity contribution in [3.63, 3.8) is 0 Å². The van der Waals surface area contributed by atoms with Crippen molar-refractivity contribution in [1.82, 2.24) is 9.80 Å². The van der Waals surface area contributed by atoms with Crippen molar-refractivity contribution in [2.75, 3.05) is 19.6 Å². The van der Waals surface area contributed by atoms with E-state index in [0.29, 0.717) is 38.1 Å². The number of hydrogen-bond donors (Lipinski definition) is 0. The minimum atomic E-state index is -4.39. The molecule has 4 aliphatic carbocycles. The average Bonchev–Trinajstić information content (AvgIpc) is 3.52. The van der Waals surface area contributed by atoms with E-state index in [2.05, 4.69) is 4.90 Å². The highest BCUT2D eigenvalue weighted by molar-refractivity contribution is 8.26. The molecule has 1 aromatic carbocycles. The van der Waals surface area contributed by atoms with Gasteiger partial charge >= 0.3 is 6.18 Å². The van der Waals surface area contributed by atoms with Crippen LogP contribution in [0.25, 0.3) is 17.4 Å². The third kappa shape index (κ3) is 6.30. The summed E-state index contributed by atoms with van der Waals surface area (Å²) in [5, 5.41) is 0. The van der Waals surface area contributed by atoms with Gasteiger partial charge in [-0.2, -0.15) is 13.2 Å². The standard InChI is InChI=1S/C35H41F3N2O2S2/c36-35(37,38)28-10-8-24(9-11-28)29-20-25(7-3-1-4-12-39-13-5-2-6-14-39)30(42-29)21-31-33(41)40(34(43)44-31)32-26-16-22-15-23(18-26)19-27(32)17-22/h8-11,20-23,26-27,32H,1-7,12-19H2/b31-21-. The van der Waals surface area contributed by atoms with Crippen LogP contribution in [0.4, 0.5) is 13.2 Å². The van der Waals surface area contributed by atoms with Crippen LogP contribution < -0.4 is 0 Å². The van der Waals surface area contributed by atoms with Crippen LogP contribution in [0.1, 0.15) is 87.5 Å². The van der Waals surface area contributed by atoms with Crippen LogP contribution >= 0.6 is 24.0 Å². The molecule has 0 N–H and O–H groups in total. The van der Waals surface area contributed by atoms with Crippen molar-refractivity contribution in [2.45, 2.75) is 89.3 Å². The Hall–Kier alpha value is -2.10. The fraction of sp³-hybridized carbons (Fsp3) is 0.600. The minimum absolute atomic E-state index is 0.0163. The molecule has 4 bridgehead atoms. The van der Waals surface area contributed by atoms with Crippen LogP contribution in [0.3, 0.4) is 0 Å². The number of nitrogens with zero attached hydrogens (tertiary/aromatic N) is 2. The Kier molecular flexibility index (Phi) is 8.74. The van der Waals surface area contributed by atoms with Crippen LogP contribution in [0, 0.1) is 23.7 Å². The number of thiocarbonyl (C=S) groups is 1. The van der Waals surface area contributed by atoms with Gasteiger partial charge in [-0.05, 0) is 131 Å². The van der Waals surface area contributed by atoms with Crippen molar-refractivity contribution >= 4 is 40.3 Å². The van der Waals surface area contributed by atoms with Gasteiger partial charge in [0, 0.05) is 17.7 Å². The number of carbonyl (C=O) groups is 1. The maximum Gasteiger partial charge on any atom is 0.416 e. The monoisotopic (exact) mass is 642 g/mol. The molecular weight excluding hydrogens is 602 g/mol. The molecule has 4 saturated carbocycles. The number of amides is 1. The number of aryl methyl sites for hydroxylation is 1. The first-order valence-electron chi connectivity index (χ1n) is 16.5. The molecule has 0 radical (unpaired) electrons. The van der Waals surface area contributed by atoms with Gasteiger partial charge in [-0.1, -0.05) is 49.0 Å². The van der Waals surface area contributed by atoms with Crippen molar-refractivity contribution in [2.24, 2.45) is 23.7 Å². The van der Waals surface area contributed by atoms with Gasteiger partial charge < -0.3 is 9.32 Å². The number of carbonyl (C=O) groups excluding carboxylic acids is 1. The number of hydrogen-bond acceptors (Lipinski definition) is 5. The van der Waals surface area contributed by atoms with Gasteiger partial charge in [-0.3, -0.25) is 9.69 Å². The van der Waals surface area contributed by atoms with Gasteiger partial charge in [-0.25, -0.2) is 0 Å². The number of unbranched alkanes of at least 4 members (excludes halogenated alkanes) is 2. The fourth-order valence-corrected chi connectivity index (χ4v) is 10.2. The van der Waals surface area contributed by atoms with Crippen molar-refractivity contribution in [1.29, 1.82) is 0 Å². The Bertz CT molecular complexity index is 1380. The van der Waals surface area contributed by atoms with Crippen LogP contribution in [-0.4, -0.2) is 45.7 Å². The zero-order valence-corrected chi connectivity index (χ0v) is 26.8. The molecule has 0 spiro atoms. The van der Waals surface area contributed by atoms with Crippen molar-refractivity contribution in [3.8, 4) is 11.3 Å². The summed E-state index contributed by atoms with van der Waals surface area (Å²) in [5.41, 5.74) is 0.887. The highest BCUT2D eigenvalue weighted by Crippen LogP contribution is 2.56. The predicted octanol–water partition coefficient (Wildman–Crippen LogP) is 9.19. The van der Waals surface area contributed by atoms with E-state index in [-0.39, 0.29) is 11.9 Å². The fourth-order valence-electron chi connectivity index (χ4n) is 8.91. The van der Waals surface area contributed by atoms with Gasteiger partial charge in [0.1, 0.15) is 15.8 Å². The van der Waals surface area contributed by atoms with E-state index in [9.17, 15) is 18.0 Å². The summed E-state index contributed by atoms with van der Waals surface area (Å²) in [4.78, 5) is 19.0. The molecule has 4 nitrogen and oxygen atoms in total. The Morgan fingerprint density at radius 3 is 2.27 bits per heavy atom. The Labute approximate surface area is 267 Å². The number of rotatable bonds is 9. The van der Waals surface area contributed by atoms with Crippen LogP contribution in [0.2, 0.25) is 0 Å². The number of thioether (sulfide) groups is 1. The molecule has 2 saturated heterocycles. The summed E-state index contributed by atoms with van der Waals surface area (Å²) in [7, 11) is 0. The maximum atomic E-state index is 13.9. The molecule has 236 valence electrons. The van der Waals surface area contributed by atoms with Gasteiger partial charge in [0.15, 0.2) is 0 Å². The van der Waals surface area contributed by atoms with E-state index in [1.807, 2.05) is 17.0 Å². The number of benzene rings is 1. The number of likely N-dealkylation sites (tertiary alicyclic amines) is 1. The van der Waals surface area contributed by atoms with Crippen molar-refractivity contribution in [3.05, 3.63) is 52.1 Å². The SMILES string of the molecule is O=C1/C(=C/c2oc(-c3ccc(C(F)(F)F)cc3)cc2CCCCCN2CCCCC2)SC(=S)N1C1C2CC3CC(C2)CC1C3. The second-order valence-electron chi connectivity index (χ2n) is 13.8. The predicted molar refractivity (Wildman–Crippen MR) is 173 cm³/mol. The topological polar surface area (TPSA) is 36.7 Å². The molecule has 0 atom stereocenters. The van der Waals surface area contributed by atoms with Gasteiger partial charge in [-0.15, -0.1) is 0 Å². The lowest BCUT2D eigenvalue weighted by Gasteiger charge is -2.56. The van der Waals surface area contributed by atoms with E-state index in [4.69, 9.17) is 16.6 Å². The zero-order valence-electron chi connectivity index (χ0n) is 25.1. The summed E-state index contributed by atoms with van der Waals surface area (Å²) in [6.45, 7) is 3.52. The summed E-state index contributed by atoms with van der Waals surface area (Å²) in [6.07, 6.45) is 11.6. The van der Waals surface area contributed by atoms with E-state index >= 15 is 0 Å². The molecule has 0 unspecified atom stereocenters. The number of piperidine rings is 1. The lowest BCUT2D eigenvalue weighted by molar-refractivity contribution is -0.137. The van der Waals surface area contributed by atoms with Gasteiger partial charge in [0.05, 0.1) is 10.5 Å². The molecule has 2 aromatic rings. The summed E-state index contributed by atoms with van der Waals surface area (Å²) in [6, 6.07) is 7.25. The smallest absolute Gasteiger partial charge is 0.416 e. The Morgan fingerprint density at radius 1 is 0.932 bits per heavy atom. The normalized spacial score (nSPS) is 29.8. The third-order valence-corrected chi connectivity index (χ3v) is 12.1. The third-order valence-electron chi connectivity index (χ3n) is 10.8. The molecule has 6 aliphatic rings. The largest absolute Gasteiger partial charge is 0.456 e. The zero-order chi connectivity index (χ0) is 30.4. The van der Waals surface area contributed by atoms with E-state index in [1.165, 1.54) is 88.4 Å². The molecule has 2 aliphatic heterocycles. The summed E-state index contributed by atoms with van der Waals surface area (Å²) >= 11 is 7.19. The molecule has 44 heavy (non-hydrogen) atoms. The minimum Gasteiger partial charge on any atom is -0.456 e. The number of halogens is 3. The summed E-state index contributed by atoms with van der Waals surface area (Å²) in [5.74, 6) is 3.84. The van der Waals surface area contributed by atoms with E-state index in [1.54, 1.807) is 0 Å². The molecule has 9 heteroatoms. The Morgan fingerprint density at radius 2 is 1.61 bits per heavy atom. The lowest BCUT2D eigenvalue weighted by atomic mass is 9.54. The molecule has 6 fully saturated rings. The molecule has 1 aromatic heterocycles. The van der Waals surface area contributed by atoms with Crippen molar-refractivity contribution < 1.29 is 22.4 Å². The van der Waals surface area contributed by atoms with E-state index in [0.717, 1.165) is 61.8 Å². The molecule has 1 amide bonds. The number of alkyl halides is 3.